The number of pyridine rings is 6. The van der Waals surface area contributed by atoms with Crippen LogP contribution in [-0.2, 0) is 34.8 Å². The van der Waals surface area contributed by atoms with Gasteiger partial charge in [-0.1, -0.05) is 51.8 Å². The number of rotatable bonds is 17. The molecule has 12 rings (SSSR count). The molecule has 11 heterocycles. The van der Waals surface area contributed by atoms with Crippen LogP contribution in [0.25, 0.3) is 0 Å². The minimum absolute atomic E-state index is 0. The lowest BCUT2D eigenvalue weighted by atomic mass is 9.97. The molecule has 0 spiro atoms. The van der Waals surface area contributed by atoms with Crippen LogP contribution < -0.4 is 49.0 Å². The maximum atomic E-state index is 15.0. The summed E-state index contributed by atoms with van der Waals surface area (Å²) in [4.78, 5) is 71.6. The van der Waals surface area contributed by atoms with Gasteiger partial charge in [0.2, 0.25) is 5.88 Å². The van der Waals surface area contributed by atoms with Crippen LogP contribution in [0.2, 0.25) is 0 Å². The summed E-state index contributed by atoms with van der Waals surface area (Å²) in [7, 11) is -13.0. The summed E-state index contributed by atoms with van der Waals surface area (Å²) < 4.78 is 156. The molecule has 6 aromatic rings. The number of ether oxygens (including phenoxy) is 3. The molecule has 0 bridgehead atoms. The Morgan fingerprint density at radius 3 is 1.53 bits per heavy atom. The van der Waals surface area contributed by atoms with Crippen molar-refractivity contribution < 1.29 is 72.8 Å². The number of nitrogens with zero attached hydrogens (tertiary/aromatic N) is 10. The zero-order valence-corrected chi connectivity index (χ0v) is 62.5. The van der Waals surface area contributed by atoms with Gasteiger partial charge in [-0.3, -0.25) is 14.4 Å². The molecule has 3 unspecified atom stereocenters. The van der Waals surface area contributed by atoms with Gasteiger partial charge in [0.25, 0.3) is 53.7 Å². The highest BCUT2D eigenvalue weighted by Gasteiger charge is 2.48. The van der Waals surface area contributed by atoms with Crippen LogP contribution in [0.3, 0.4) is 0 Å². The Kier molecular flexibility index (Phi) is 23.2. The number of anilines is 5. The molecular weight excluding hydrogens is 1410 g/mol. The Morgan fingerprint density at radius 2 is 1.06 bits per heavy atom. The highest BCUT2D eigenvalue weighted by molar-refractivity contribution is 7.90. The number of aromatic nitrogens is 6. The van der Waals surface area contributed by atoms with Gasteiger partial charge in [-0.05, 0) is 185 Å². The van der Waals surface area contributed by atoms with Crippen molar-refractivity contribution in [1.29, 1.82) is 0 Å². The Bertz CT molecular complexity index is 4490. The van der Waals surface area contributed by atoms with Crippen LogP contribution in [0, 0.1) is 23.6 Å². The van der Waals surface area contributed by atoms with Gasteiger partial charge in [0.1, 0.15) is 46.8 Å². The molecule has 104 heavy (non-hydrogen) atoms. The van der Waals surface area contributed by atoms with E-state index in [9.17, 15) is 52.8 Å². The minimum Gasteiger partial charge on any atom is -0.471 e. The summed E-state index contributed by atoms with van der Waals surface area (Å²) in [5.74, 6) is -1.54. The SMILES string of the molecule is CC1CN(c2ncccc2C(=O)NS(=O)(=O)c2cccc(N3CCCC3C(F)(F)F)n2)C(C)(C)C1.CC1CN(c2ncccc2C(=O)NS(=O)(=O)c2cccc(OC3(C)CCCCCC3)n2)C(C)(C)C1.C[C@@H]1CN(c2nc(O[C@H]3CCOC3)c(F)cc2C(=O)NS(=O)(=O)c2cccc(N)n2)C(C)(C)C1.[HH]. The lowest BCUT2D eigenvalue weighted by molar-refractivity contribution is -0.146. The first kappa shape index (κ1) is 78.0. The van der Waals surface area contributed by atoms with E-state index in [-0.39, 0.29) is 94.0 Å². The predicted octanol–water partition coefficient (Wildman–Crippen LogP) is 10.8. The molecule has 1 aliphatic carbocycles. The lowest BCUT2D eigenvalue weighted by Crippen LogP contribution is -2.42. The van der Waals surface area contributed by atoms with E-state index in [1.54, 1.807) is 36.5 Å². The summed E-state index contributed by atoms with van der Waals surface area (Å²) in [5, 5.41) is -1.20. The van der Waals surface area contributed by atoms with E-state index in [2.05, 4.69) is 74.1 Å². The summed E-state index contributed by atoms with van der Waals surface area (Å²) >= 11 is 0. The summed E-state index contributed by atoms with van der Waals surface area (Å²) in [5.41, 5.74) is 4.42. The van der Waals surface area contributed by atoms with Crippen molar-refractivity contribution in [3.8, 4) is 11.8 Å². The Labute approximate surface area is 606 Å². The number of sulfonamides is 3. The van der Waals surface area contributed by atoms with Gasteiger partial charge in [0.15, 0.2) is 20.9 Å². The number of nitrogen functional groups attached to an aromatic ring is 1. The fraction of sp³-hybridized carbons (Fsp3) is 0.535. The maximum absolute atomic E-state index is 15.0. The molecule has 5 aliphatic heterocycles. The highest BCUT2D eigenvalue weighted by atomic mass is 32.2. The zero-order valence-electron chi connectivity index (χ0n) is 60.0. The van der Waals surface area contributed by atoms with Crippen molar-refractivity contribution in [2.75, 3.05) is 64.7 Å². The number of amides is 3. The largest absolute Gasteiger partial charge is 0.471 e. The van der Waals surface area contributed by atoms with Gasteiger partial charge in [0.05, 0.1) is 29.9 Å². The maximum Gasteiger partial charge on any atom is 0.408 e. The summed E-state index contributed by atoms with van der Waals surface area (Å²) in [6, 6.07) is 18.0. The number of alkyl halides is 3. The van der Waals surface area contributed by atoms with Crippen LogP contribution in [0.5, 0.6) is 11.8 Å². The number of hydrogen-bond donors (Lipinski definition) is 4. The monoisotopic (exact) mass is 1510 g/mol. The van der Waals surface area contributed by atoms with Crippen LogP contribution in [0.15, 0.2) is 112 Å². The first-order valence-electron chi connectivity index (χ1n) is 34.8. The van der Waals surface area contributed by atoms with E-state index in [0.717, 1.165) is 68.5 Å². The molecule has 0 aromatic carbocycles. The standard InChI is InChI=1S/C26H36N4O4S.C23H28F3N5O3S.C22H28FN5O5S.H2/c1-19-17-25(2,3)30(18-19)23-20(11-10-16-27-23)24(31)29-35(32,33)22-13-9-12-21(28-22)34-26(4)14-7-5-6-8-15-26;1-15-13-22(2,3)31(14-15)20-16(7-5-11-27-20)21(32)29-35(33,34)19-10-4-9-18(28-19)30-12-6-8-17(30)23(24,25)26;1-13-10-22(2,3)28(11-13)19-15(9-16(23)21(26-19)33-14-7-8-32-12-14)20(29)27-34(30,31)18-6-4-5-17(24)25-18;/h9-13,16,19H,5-8,14-15,17-18H2,1-4H3,(H,29,31);4-5,7,9-11,15,17H,6,8,12-14H2,1-3H3,(H,29,32);4-6,9,13-14H,7-8,10-12H2,1-3H3,(H2,24,25)(H,27,29);1H/t;;13-,14-;/m..0./s1. The van der Waals surface area contributed by atoms with Gasteiger partial charge in [-0.2, -0.15) is 48.4 Å². The molecule has 6 aromatic heterocycles. The van der Waals surface area contributed by atoms with Crippen molar-refractivity contribution >= 4 is 76.9 Å². The van der Waals surface area contributed by atoms with E-state index in [4.69, 9.17) is 19.9 Å². The van der Waals surface area contributed by atoms with Crippen molar-refractivity contribution in [3.05, 3.63) is 120 Å². The van der Waals surface area contributed by atoms with Gasteiger partial charge in [-0.25, -0.2) is 38.5 Å². The highest BCUT2D eigenvalue weighted by Crippen LogP contribution is 2.42. The minimum atomic E-state index is -4.46. The molecule has 26 nitrogen and oxygen atoms in total. The molecule has 5 N–H and O–H groups in total. The molecule has 6 aliphatic rings. The van der Waals surface area contributed by atoms with E-state index < -0.39 is 81.4 Å². The lowest BCUT2D eigenvalue weighted by Gasteiger charge is -2.34. The fourth-order valence-corrected chi connectivity index (χ4v) is 17.7. The second kappa shape index (κ2) is 30.9. The molecule has 1 saturated carbocycles. The quantitative estimate of drug-likeness (QED) is 0.0487. The first-order valence-corrected chi connectivity index (χ1v) is 39.3. The van der Waals surface area contributed by atoms with Gasteiger partial charge in [0, 0.05) is 69.1 Å². The number of nitrogens with one attached hydrogen (secondary N) is 3. The Morgan fingerprint density at radius 1 is 0.587 bits per heavy atom. The van der Waals surface area contributed by atoms with Crippen LogP contribution in [-0.4, -0.2) is 153 Å². The van der Waals surface area contributed by atoms with Crippen molar-refractivity contribution in [2.45, 2.75) is 202 Å². The van der Waals surface area contributed by atoms with Crippen LogP contribution >= 0.6 is 0 Å². The molecule has 5 saturated heterocycles. The number of halogens is 4. The third kappa shape index (κ3) is 18.4. The number of carbonyl (C=O) groups is 3. The second-order valence-electron chi connectivity index (χ2n) is 29.9. The number of carbonyl (C=O) groups excluding carboxylic acids is 3. The Balaban J connectivity index is 0.000000182. The molecule has 33 heteroatoms. The molecule has 5 atom stereocenters. The molecule has 566 valence electrons. The van der Waals surface area contributed by atoms with Gasteiger partial charge >= 0.3 is 6.18 Å². The van der Waals surface area contributed by atoms with Crippen LogP contribution in [0.1, 0.15) is 179 Å². The van der Waals surface area contributed by atoms with E-state index >= 15 is 4.39 Å². The normalized spacial score (nSPS) is 22.1. The topological polar surface area (TPSA) is 334 Å². The average molecular weight is 1510 g/mol. The van der Waals surface area contributed by atoms with E-state index in [0.29, 0.717) is 62.6 Å². The summed E-state index contributed by atoms with van der Waals surface area (Å²) in [6.07, 6.45) is 8.12. The van der Waals surface area contributed by atoms with Crippen molar-refractivity contribution in [3.63, 3.8) is 0 Å². The molecular formula is C71H94F4N14O12S3. The zero-order chi connectivity index (χ0) is 75.5. The van der Waals surface area contributed by atoms with E-state index in [1.165, 1.54) is 61.5 Å². The average Bonchev–Trinajstić information content (AvgIpc) is 1.72. The van der Waals surface area contributed by atoms with Crippen molar-refractivity contribution in [2.24, 2.45) is 17.8 Å². The van der Waals surface area contributed by atoms with Crippen LogP contribution in [0.4, 0.5) is 46.7 Å². The Hall–Kier alpha value is -8.56. The van der Waals surface area contributed by atoms with Crippen molar-refractivity contribution in [1.82, 2.24) is 44.1 Å². The van der Waals surface area contributed by atoms with Gasteiger partial charge in [-0.15, -0.1) is 0 Å². The van der Waals surface area contributed by atoms with E-state index in [1.807, 2.05) is 53.9 Å². The third-order valence-corrected chi connectivity index (χ3v) is 23.2. The smallest absolute Gasteiger partial charge is 0.408 e. The third-order valence-electron chi connectivity index (χ3n) is 19.5. The summed E-state index contributed by atoms with van der Waals surface area (Å²) in [6.45, 7) is 23.5. The molecule has 0 radical (unpaired) electrons. The number of nitrogens with two attached hydrogens (primary N) is 1. The molecule has 6 fully saturated rings. The first-order chi connectivity index (χ1) is 48.7. The molecule has 3 amide bonds. The number of hydrogen-bond acceptors (Lipinski definition) is 23. The second-order valence-corrected chi connectivity index (χ2v) is 34.8. The fourth-order valence-electron chi connectivity index (χ4n) is 14.9. The van der Waals surface area contributed by atoms with Gasteiger partial charge < -0.3 is 39.5 Å². The predicted molar refractivity (Wildman–Crippen MR) is 384 cm³/mol.